The summed E-state index contributed by atoms with van der Waals surface area (Å²) < 4.78 is 1.03. The van der Waals surface area contributed by atoms with Gasteiger partial charge < -0.3 is 10.2 Å². The van der Waals surface area contributed by atoms with Crippen LogP contribution in [0.25, 0.3) is 10.2 Å². The Bertz CT molecular complexity index is 710. The van der Waals surface area contributed by atoms with Gasteiger partial charge in [-0.1, -0.05) is 0 Å². The molecule has 1 unspecified atom stereocenters. The van der Waals surface area contributed by atoms with Crippen molar-refractivity contribution in [3.05, 3.63) is 28.8 Å². The molecular formula is C15H17N3O2S. The van der Waals surface area contributed by atoms with Gasteiger partial charge in [-0.15, -0.1) is 11.3 Å². The van der Waals surface area contributed by atoms with Gasteiger partial charge >= 0.3 is 0 Å². The number of carbonyl (C=O) groups excluding carboxylic acids is 2. The molecule has 0 saturated carbocycles. The highest BCUT2D eigenvalue weighted by Gasteiger charge is 2.31. The quantitative estimate of drug-likeness (QED) is 0.920. The number of aryl methyl sites for hydroxylation is 1. The molecule has 1 saturated heterocycles. The van der Waals surface area contributed by atoms with E-state index in [0.717, 1.165) is 21.6 Å². The molecule has 3 rings (SSSR count). The maximum atomic E-state index is 12.5. The lowest BCUT2D eigenvalue weighted by atomic mass is 10.1. The van der Waals surface area contributed by atoms with Crippen molar-refractivity contribution >= 4 is 33.4 Å². The molecule has 0 bridgehead atoms. The Labute approximate surface area is 127 Å². The number of hydrogen-bond acceptors (Lipinski definition) is 4. The van der Waals surface area contributed by atoms with Gasteiger partial charge in [0.15, 0.2) is 0 Å². The smallest absolute Gasteiger partial charge is 0.253 e. The van der Waals surface area contributed by atoms with Crippen LogP contribution in [0.4, 0.5) is 0 Å². The zero-order valence-electron chi connectivity index (χ0n) is 12.0. The maximum Gasteiger partial charge on any atom is 0.253 e. The molecule has 5 nitrogen and oxygen atoms in total. The number of nitrogens with one attached hydrogen (secondary N) is 1. The van der Waals surface area contributed by atoms with Crippen molar-refractivity contribution in [1.29, 1.82) is 0 Å². The van der Waals surface area contributed by atoms with Gasteiger partial charge in [0.05, 0.1) is 21.1 Å². The van der Waals surface area contributed by atoms with E-state index in [9.17, 15) is 9.59 Å². The Morgan fingerprint density at radius 3 is 3.00 bits per heavy atom. The van der Waals surface area contributed by atoms with Crippen LogP contribution in [0, 0.1) is 12.8 Å². The van der Waals surface area contributed by atoms with Crippen LogP contribution in [-0.4, -0.2) is 41.8 Å². The molecule has 1 fully saturated rings. The van der Waals surface area contributed by atoms with Gasteiger partial charge in [0.2, 0.25) is 5.91 Å². The predicted molar refractivity (Wildman–Crippen MR) is 82.4 cm³/mol. The van der Waals surface area contributed by atoms with E-state index < -0.39 is 0 Å². The number of likely N-dealkylation sites (tertiary alicyclic amines) is 1. The third-order valence-electron chi connectivity index (χ3n) is 3.83. The Balaban J connectivity index is 1.79. The maximum absolute atomic E-state index is 12.5. The van der Waals surface area contributed by atoms with Crippen LogP contribution < -0.4 is 5.32 Å². The molecule has 2 aromatic rings. The monoisotopic (exact) mass is 303 g/mol. The number of hydrogen-bond donors (Lipinski definition) is 1. The van der Waals surface area contributed by atoms with Crippen LogP contribution in [0.15, 0.2) is 18.2 Å². The molecule has 1 aromatic carbocycles. The fraction of sp³-hybridized carbons (Fsp3) is 0.400. The fourth-order valence-electron chi connectivity index (χ4n) is 2.72. The number of nitrogens with zero attached hydrogens (tertiary/aromatic N) is 2. The molecule has 2 heterocycles. The molecule has 2 amide bonds. The first-order valence-corrected chi connectivity index (χ1v) is 7.78. The minimum absolute atomic E-state index is 0.00523. The van der Waals surface area contributed by atoms with E-state index in [1.165, 1.54) is 0 Å². The van der Waals surface area contributed by atoms with Gasteiger partial charge in [0.25, 0.3) is 5.91 Å². The van der Waals surface area contributed by atoms with E-state index in [1.807, 2.05) is 25.1 Å². The molecule has 0 spiro atoms. The minimum atomic E-state index is -0.0895. The van der Waals surface area contributed by atoms with E-state index in [0.29, 0.717) is 18.7 Å². The van der Waals surface area contributed by atoms with Crippen molar-refractivity contribution in [3.8, 4) is 0 Å². The summed E-state index contributed by atoms with van der Waals surface area (Å²) in [6.07, 6.45) is 0.729. The average molecular weight is 303 g/mol. The van der Waals surface area contributed by atoms with Crippen molar-refractivity contribution in [1.82, 2.24) is 15.2 Å². The molecule has 0 radical (unpaired) electrons. The Morgan fingerprint density at radius 2 is 2.24 bits per heavy atom. The van der Waals surface area contributed by atoms with Crippen molar-refractivity contribution in [2.24, 2.45) is 5.92 Å². The molecule has 1 aliphatic heterocycles. The molecule has 6 heteroatoms. The lowest BCUT2D eigenvalue weighted by molar-refractivity contribution is -0.124. The van der Waals surface area contributed by atoms with Crippen LogP contribution in [0.5, 0.6) is 0 Å². The highest BCUT2D eigenvalue weighted by atomic mass is 32.1. The van der Waals surface area contributed by atoms with Crippen molar-refractivity contribution < 1.29 is 9.59 Å². The summed E-state index contributed by atoms with van der Waals surface area (Å²) >= 11 is 1.59. The molecule has 1 aromatic heterocycles. The highest BCUT2D eigenvalue weighted by Crippen LogP contribution is 2.25. The molecule has 0 aliphatic carbocycles. The lowest BCUT2D eigenvalue weighted by Crippen LogP contribution is -2.33. The summed E-state index contributed by atoms with van der Waals surface area (Å²) in [7, 11) is 1.63. The van der Waals surface area contributed by atoms with Crippen LogP contribution in [0.3, 0.4) is 0 Å². The van der Waals surface area contributed by atoms with Gasteiger partial charge in [0.1, 0.15) is 0 Å². The normalized spacial score (nSPS) is 18.2. The zero-order valence-corrected chi connectivity index (χ0v) is 12.9. The summed E-state index contributed by atoms with van der Waals surface area (Å²) in [5.74, 6) is -0.0819. The summed E-state index contributed by atoms with van der Waals surface area (Å²) in [5.41, 5.74) is 1.60. The molecular weight excluding hydrogens is 286 g/mol. The largest absolute Gasteiger partial charge is 0.359 e. The number of rotatable bonds is 2. The van der Waals surface area contributed by atoms with Gasteiger partial charge in [-0.25, -0.2) is 4.98 Å². The van der Waals surface area contributed by atoms with Gasteiger partial charge in [-0.3, -0.25) is 9.59 Å². The van der Waals surface area contributed by atoms with E-state index in [4.69, 9.17) is 0 Å². The number of thiazole rings is 1. The van der Waals surface area contributed by atoms with Gasteiger partial charge in [-0.05, 0) is 31.5 Å². The Morgan fingerprint density at radius 1 is 1.43 bits per heavy atom. The standard InChI is InChI=1S/C15H17N3O2S/c1-9-17-12-4-3-10(7-13(12)21-9)15(20)18-6-5-11(8-18)14(19)16-2/h3-4,7,11H,5-6,8H2,1-2H3,(H,16,19). The van der Waals surface area contributed by atoms with Crippen LogP contribution >= 0.6 is 11.3 Å². The molecule has 1 atom stereocenters. The first-order valence-electron chi connectivity index (χ1n) is 6.96. The summed E-state index contributed by atoms with van der Waals surface area (Å²) in [6.45, 7) is 3.09. The van der Waals surface area contributed by atoms with Crippen molar-refractivity contribution in [2.45, 2.75) is 13.3 Å². The number of fused-ring (bicyclic) bond motifs is 1. The number of aromatic nitrogens is 1. The number of amides is 2. The molecule has 1 N–H and O–H groups in total. The predicted octanol–water partition coefficient (Wildman–Crippen LogP) is 1.81. The SMILES string of the molecule is CNC(=O)C1CCN(C(=O)c2ccc3nc(C)sc3c2)C1. The van der Waals surface area contributed by atoms with E-state index >= 15 is 0 Å². The first-order chi connectivity index (χ1) is 10.1. The third-order valence-corrected chi connectivity index (χ3v) is 4.77. The average Bonchev–Trinajstić information content (AvgIpc) is 3.10. The molecule has 110 valence electrons. The molecule has 1 aliphatic rings. The first kappa shape index (κ1) is 14.0. The van der Waals surface area contributed by atoms with E-state index in [1.54, 1.807) is 23.3 Å². The van der Waals surface area contributed by atoms with Crippen LogP contribution in [-0.2, 0) is 4.79 Å². The van der Waals surface area contributed by atoms with Crippen molar-refractivity contribution in [2.75, 3.05) is 20.1 Å². The van der Waals surface area contributed by atoms with Crippen LogP contribution in [0.1, 0.15) is 21.8 Å². The second-order valence-corrected chi connectivity index (χ2v) is 6.50. The van der Waals surface area contributed by atoms with E-state index in [2.05, 4.69) is 10.3 Å². The van der Waals surface area contributed by atoms with Crippen molar-refractivity contribution in [3.63, 3.8) is 0 Å². The summed E-state index contributed by atoms with van der Waals surface area (Å²) in [5, 5.41) is 3.65. The Kier molecular flexibility index (Phi) is 3.63. The summed E-state index contributed by atoms with van der Waals surface area (Å²) in [6, 6.07) is 5.60. The second-order valence-electron chi connectivity index (χ2n) is 5.27. The van der Waals surface area contributed by atoms with Gasteiger partial charge in [0, 0.05) is 25.7 Å². The fourth-order valence-corrected chi connectivity index (χ4v) is 3.58. The number of benzene rings is 1. The Hall–Kier alpha value is -1.95. The second kappa shape index (κ2) is 5.44. The highest BCUT2D eigenvalue weighted by molar-refractivity contribution is 7.18. The van der Waals surface area contributed by atoms with Crippen LogP contribution in [0.2, 0.25) is 0 Å². The van der Waals surface area contributed by atoms with Gasteiger partial charge in [-0.2, -0.15) is 0 Å². The minimum Gasteiger partial charge on any atom is -0.359 e. The summed E-state index contributed by atoms with van der Waals surface area (Å²) in [4.78, 5) is 30.3. The third kappa shape index (κ3) is 2.63. The zero-order chi connectivity index (χ0) is 15.0. The molecule has 21 heavy (non-hydrogen) atoms. The lowest BCUT2D eigenvalue weighted by Gasteiger charge is -2.16. The topological polar surface area (TPSA) is 62.3 Å². The van der Waals surface area contributed by atoms with E-state index in [-0.39, 0.29) is 17.7 Å². The number of carbonyl (C=O) groups is 2.